The summed E-state index contributed by atoms with van der Waals surface area (Å²) in [4.78, 5) is 16.5. The summed E-state index contributed by atoms with van der Waals surface area (Å²) in [6.45, 7) is 4.77. The number of carbonyl (C=O) groups excluding carboxylic acids is 1. The topological polar surface area (TPSA) is 35.6 Å². The van der Waals surface area contributed by atoms with Gasteiger partial charge in [-0.25, -0.2) is 4.79 Å². The van der Waals surface area contributed by atoms with E-state index in [1.54, 1.807) is 0 Å². The summed E-state index contributed by atoms with van der Waals surface area (Å²) in [5, 5.41) is 3.76. The normalized spacial score (nSPS) is 15.3. The number of benzene rings is 2. The van der Waals surface area contributed by atoms with Gasteiger partial charge in [-0.1, -0.05) is 54.1 Å². The van der Waals surface area contributed by atoms with Crippen LogP contribution >= 0.6 is 11.6 Å². The van der Waals surface area contributed by atoms with Gasteiger partial charge in [-0.3, -0.25) is 4.90 Å². The molecule has 1 heterocycles. The first kappa shape index (κ1) is 16.8. The van der Waals surface area contributed by atoms with Crippen LogP contribution in [0.25, 0.3) is 0 Å². The van der Waals surface area contributed by atoms with Crippen LogP contribution in [0.3, 0.4) is 0 Å². The third kappa shape index (κ3) is 4.73. The van der Waals surface area contributed by atoms with Crippen molar-refractivity contribution in [2.45, 2.75) is 13.1 Å². The Bertz CT molecular complexity index is 652. The second-order valence-electron chi connectivity index (χ2n) is 6.03. The van der Waals surface area contributed by atoms with Gasteiger partial charge in [0.1, 0.15) is 0 Å². The smallest absolute Gasteiger partial charge is 0.317 e. The van der Waals surface area contributed by atoms with Gasteiger partial charge in [0.05, 0.1) is 0 Å². The Morgan fingerprint density at radius 2 is 1.58 bits per heavy atom. The molecule has 0 atom stereocenters. The van der Waals surface area contributed by atoms with E-state index in [0.29, 0.717) is 6.54 Å². The molecule has 1 N–H and O–H groups in total. The number of carbonyl (C=O) groups is 1. The summed E-state index contributed by atoms with van der Waals surface area (Å²) >= 11 is 5.92. The summed E-state index contributed by atoms with van der Waals surface area (Å²) in [5.41, 5.74) is 2.37. The molecule has 1 saturated heterocycles. The third-order valence-corrected chi connectivity index (χ3v) is 4.52. The molecule has 2 amide bonds. The predicted octanol–water partition coefficient (Wildman–Crippen LogP) is 3.37. The van der Waals surface area contributed by atoms with Crippen molar-refractivity contribution >= 4 is 17.6 Å². The van der Waals surface area contributed by atoms with Crippen molar-refractivity contribution in [1.82, 2.24) is 15.1 Å². The molecule has 3 rings (SSSR count). The van der Waals surface area contributed by atoms with Crippen molar-refractivity contribution < 1.29 is 4.79 Å². The highest BCUT2D eigenvalue weighted by atomic mass is 35.5. The van der Waals surface area contributed by atoms with Crippen molar-refractivity contribution in [2.24, 2.45) is 0 Å². The quantitative estimate of drug-likeness (QED) is 0.923. The fraction of sp³-hybridized carbons (Fsp3) is 0.316. The van der Waals surface area contributed by atoms with Crippen molar-refractivity contribution in [1.29, 1.82) is 0 Å². The summed E-state index contributed by atoms with van der Waals surface area (Å²) in [7, 11) is 0. The van der Waals surface area contributed by atoms with Crippen LogP contribution < -0.4 is 5.32 Å². The predicted molar refractivity (Wildman–Crippen MR) is 97.0 cm³/mol. The van der Waals surface area contributed by atoms with Crippen molar-refractivity contribution in [3.63, 3.8) is 0 Å². The van der Waals surface area contributed by atoms with E-state index in [0.717, 1.165) is 43.3 Å². The lowest BCUT2D eigenvalue weighted by Crippen LogP contribution is -2.51. The molecule has 1 aliphatic heterocycles. The molecule has 5 heteroatoms. The number of nitrogens with zero attached hydrogens (tertiary/aromatic N) is 2. The van der Waals surface area contributed by atoms with Gasteiger partial charge in [0.15, 0.2) is 0 Å². The summed E-state index contributed by atoms with van der Waals surface area (Å²) in [6.07, 6.45) is 0. The molecule has 0 bridgehead atoms. The number of nitrogens with one attached hydrogen (secondary N) is 1. The fourth-order valence-corrected chi connectivity index (χ4v) is 2.97. The minimum Gasteiger partial charge on any atom is -0.334 e. The zero-order valence-electron chi connectivity index (χ0n) is 13.6. The number of hydrogen-bond acceptors (Lipinski definition) is 2. The molecular formula is C19H22ClN3O. The largest absolute Gasteiger partial charge is 0.334 e. The summed E-state index contributed by atoms with van der Waals surface area (Å²) < 4.78 is 0. The van der Waals surface area contributed by atoms with Gasteiger partial charge >= 0.3 is 6.03 Å². The first-order chi connectivity index (χ1) is 11.7. The molecule has 126 valence electrons. The molecule has 1 fully saturated rings. The van der Waals surface area contributed by atoms with Gasteiger partial charge < -0.3 is 10.2 Å². The molecule has 0 aliphatic carbocycles. The number of amides is 2. The van der Waals surface area contributed by atoms with Crippen molar-refractivity contribution in [2.75, 3.05) is 26.2 Å². The highest BCUT2D eigenvalue weighted by Gasteiger charge is 2.20. The maximum absolute atomic E-state index is 12.3. The number of hydrogen-bond donors (Lipinski definition) is 1. The maximum atomic E-state index is 12.3. The Morgan fingerprint density at radius 3 is 2.25 bits per heavy atom. The minimum absolute atomic E-state index is 0.0185. The Labute approximate surface area is 148 Å². The molecule has 4 nitrogen and oxygen atoms in total. The average molecular weight is 344 g/mol. The molecule has 0 saturated carbocycles. The summed E-state index contributed by atoms with van der Waals surface area (Å²) in [5.74, 6) is 0. The van der Waals surface area contributed by atoms with Crippen LogP contribution in [0, 0.1) is 0 Å². The van der Waals surface area contributed by atoms with Crippen LogP contribution in [0.5, 0.6) is 0 Å². The Balaban J connectivity index is 1.42. The van der Waals surface area contributed by atoms with E-state index >= 15 is 0 Å². The standard InChI is InChI=1S/C19H22ClN3O/c20-18-8-6-17(7-9-18)15-22-10-12-23(13-11-22)19(24)21-14-16-4-2-1-3-5-16/h1-9H,10-15H2,(H,21,24). The zero-order valence-corrected chi connectivity index (χ0v) is 14.4. The second kappa shape index (κ2) is 8.18. The molecule has 1 aliphatic rings. The highest BCUT2D eigenvalue weighted by Crippen LogP contribution is 2.13. The Hall–Kier alpha value is -2.04. The van der Waals surface area contributed by atoms with Crippen LogP contribution in [0.4, 0.5) is 4.79 Å². The molecule has 0 unspecified atom stereocenters. The van der Waals surface area contributed by atoms with E-state index < -0.39 is 0 Å². The van der Waals surface area contributed by atoms with E-state index in [1.807, 2.05) is 47.4 Å². The SMILES string of the molecule is O=C(NCc1ccccc1)N1CCN(Cc2ccc(Cl)cc2)CC1. The van der Waals surface area contributed by atoms with Gasteiger partial charge in [0.2, 0.25) is 0 Å². The Kier molecular flexibility index (Phi) is 5.72. The minimum atomic E-state index is 0.0185. The van der Waals surface area contributed by atoms with Crippen LogP contribution in [0.1, 0.15) is 11.1 Å². The van der Waals surface area contributed by atoms with Crippen LogP contribution in [-0.2, 0) is 13.1 Å². The monoisotopic (exact) mass is 343 g/mol. The third-order valence-electron chi connectivity index (χ3n) is 4.27. The van der Waals surface area contributed by atoms with Crippen LogP contribution in [-0.4, -0.2) is 42.0 Å². The first-order valence-corrected chi connectivity index (χ1v) is 8.62. The molecule has 0 spiro atoms. The molecule has 2 aromatic rings. The number of urea groups is 1. The van der Waals surface area contributed by atoms with Gasteiger partial charge in [-0.2, -0.15) is 0 Å². The lowest BCUT2D eigenvalue weighted by atomic mass is 10.2. The van der Waals surface area contributed by atoms with Crippen LogP contribution in [0.2, 0.25) is 5.02 Å². The summed E-state index contributed by atoms with van der Waals surface area (Å²) in [6, 6.07) is 18.0. The lowest BCUT2D eigenvalue weighted by molar-refractivity contribution is 0.135. The second-order valence-corrected chi connectivity index (χ2v) is 6.47. The average Bonchev–Trinajstić information content (AvgIpc) is 2.63. The fourth-order valence-electron chi connectivity index (χ4n) is 2.84. The molecule has 2 aromatic carbocycles. The highest BCUT2D eigenvalue weighted by molar-refractivity contribution is 6.30. The maximum Gasteiger partial charge on any atom is 0.317 e. The van der Waals surface area contributed by atoms with E-state index in [1.165, 1.54) is 5.56 Å². The number of rotatable bonds is 4. The van der Waals surface area contributed by atoms with E-state index in [2.05, 4.69) is 22.3 Å². The van der Waals surface area contributed by atoms with E-state index in [9.17, 15) is 4.79 Å². The number of halogens is 1. The lowest BCUT2D eigenvalue weighted by Gasteiger charge is -2.34. The number of piperazine rings is 1. The first-order valence-electron chi connectivity index (χ1n) is 8.24. The van der Waals surface area contributed by atoms with Crippen molar-refractivity contribution in [3.05, 3.63) is 70.7 Å². The molecule has 0 radical (unpaired) electrons. The van der Waals surface area contributed by atoms with Gasteiger partial charge in [-0.05, 0) is 23.3 Å². The molecule has 24 heavy (non-hydrogen) atoms. The van der Waals surface area contributed by atoms with Crippen molar-refractivity contribution in [3.8, 4) is 0 Å². The van der Waals surface area contributed by atoms with Gasteiger partial charge in [-0.15, -0.1) is 0 Å². The molecular weight excluding hydrogens is 322 g/mol. The van der Waals surface area contributed by atoms with Crippen LogP contribution in [0.15, 0.2) is 54.6 Å². The molecule has 0 aromatic heterocycles. The van der Waals surface area contributed by atoms with Gasteiger partial charge in [0, 0.05) is 44.3 Å². The van der Waals surface area contributed by atoms with Gasteiger partial charge in [0.25, 0.3) is 0 Å². The van der Waals surface area contributed by atoms with E-state index in [-0.39, 0.29) is 6.03 Å². The Morgan fingerprint density at radius 1 is 0.917 bits per heavy atom. The van der Waals surface area contributed by atoms with E-state index in [4.69, 9.17) is 11.6 Å². The zero-order chi connectivity index (χ0) is 16.8.